The number of benzene rings is 2. The third-order valence-electron chi connectivity index (χ3n) is 2.68. The maximum absolute atomic E-state index is 11.9. The van der Waals surface area contributed by atoms with Gasteiger partial charge in [-0.2, -0.15) is 25.3 Å². The van der Waals surface area contributed by atoms with Crippen molar-refractivity contribution in [1.82, 2.24) is 0 Å². The maximum atomic E-state index is 11.9. The first-order valence-electron chi connectivity index (χ1n) is 6.29. The Morgan fingerprint density at radius 2 is 0.840 bits per heavy atom. The molecule has 0 amide bonds. The summed E-state index contributed by atoms with van der Waals surface area (Å²) in [4.78, 5) is -1.11. The lowest BCUT2D eigenvalue weighted by Gasteiger charge is -2.07. The minimum absolute atomic E-state index is 0.226. The molecule has 4 N–H and O–H groups in total. The lowest BCUT2D eigenvalue weighted by Crippen LogP contribution is -2.20. The van der Waals surface area contributed by atoms with Crippen LogP contribution < -0.4 is 11.5 Å². The lowest BCUT2D eigenvalue weighted by molar-refractivity contribution is 0.386. The third-order valence-corrected chi connectivity index (χ3v) is 7.15. The highest BCUT2D eigenvalue weighted by Crippen LogP contribution is 2.21. The fraction of sp³-hybridized carbons (Fsp3) is 0. The second kappa shape index (κ2) is 6.61. The number of anilines is 2. The van der Waals surface area contributed by atoms with Crippen LogP contribution in [0.3, 0.4) is 0 Å². The molecule has 0 aliphatic rings. The fourth-order valence-electron chi connectivity index (χ4n) is 1.58. The van der Waals surface area contributed by atoms with E-state index >= 15 is 0 Å². The van der Waals surface area contributed by atoms with Crippen molar-refractivity contribution in [2.24, 2.45) is 0 Å². The Morgan fingerprint density at radius 3 is 1.12 bits per heavy atom. The summed E-state index contributed by atoms with van der Waals surface area (Å²) in [5, 5.41) is 0. The van der Waals surface area contributed by atoms with Gasteiger partial charge in [0.1, 0.15) is 0 Å². The second-order valence-electron chi connectivity index (χ2n) is 4.59. The normalized spacial score (nSPS) is 12.8. The van der Waals surface area contributed by atoms with Crippen LogP contribution in [-0.2, 0) is 37.9 Å². The summed E-state index contributed by atoms with van der Waals surface area (Å²) < 4.78 is 78.8. The second-order valence-corrected chi connectivity index (χ2v) is 9.26. The quantitative estimate of drug-likeness (QED) is 0.629. The first-order valence-corrected chi connectivity index (χ1v) is 10.4. The molecule has 2 aromatic carbocycles. The molecule has 0 saturated carbocycles. The first-order chi connectivity index (χ1) is 11.4. The van der Waals surface area contributed by atoms with E-state index in [2.05, 4.69) is 7.26 Å². The summed E-state index contributed by atoms with van der Waals surface area (Å²) in [6.45, 7) is 0. The molecule has 0 bridgehead atoms. The van der Waals surface area contributed by atoms with Crippen LogP contribution in [0, 0.1) is 0 Å². The molecule has 2 aromatic rings. The number of hydrogen-bond acceptors (Lipinski definition) is 10. The Balaban J connectivity index is 2.27. The third kappa shape index (κ3) is 4.90. The van der Waals surface area contributed by atoms with Gasteiger partial charge >= 0.3 is 30.6 Å². The van der Waals surface area contributed by atoms with Crippen LogP contribution in [0.25, 0.3) is 0 Å². The maximum Gasteiger partial charge on any atom is 0.429 e. The minimum atomic E-state index is -5.45. The molecule has 10 nitrogen and oxygen atoms in total. The summed E-state index contributed by atoms with van der Waals surface area (Å²) in [5.41, 5.74) is 11.2. The van der Waals surface area contributed by atoms with Crippen molar-refractivity contribution < 1.29 is 32.5 Å². The molecule has 0 aliphatic heterocycles. The molecule has 2 rings (SSSR count). The van der Waals surface area contributed by atoms with Gasteiger partial charge < -0.3 is 11.5 Å². The fourth-order valence-corrected chi connectivity index (χ4v) is 5.20. The summed E-state index contributed by atoms with van der Waals surface area (Å²) in [7, 11) is -15.1. The van der Waals surface area contributed by atoms with Crippen molar-refractivity contribution in [2.75, 3.05) is 11.5 Å². The monoisotopic (exact) mass is 408 g/mol. The van der Waals surface area contributed by atoms with Gasteiger partial charge in [-0.1, -0.05) is 0 Å². The predicted molar refractivity (Wildman–Crippen MR) is 87.2 cm³/mol. The highest BCUT2D eigenvalue weighted by Gasteiger charge is 2.32. The molecular formula is C12H12N2O8S3. The van der Waals surface area contributed by atoms with Crippen molar-refractivity contribution in [2.45, 2.75) is 9.79 Å². The number of nitrogens with two attached hydrogens (primary N) is 2. The van der Waals surface area contributed by atoms with Gasteiger partial charge in [-0.25, -0.2) is 0 Å². The van der Waals surface area contributed by atoms with E-state index in [1.807, 2.05) is 0 Å². The lowest BCUT2D eigenvalue weighted by atomic mass is 10.3. The van der Waals surface area contributed by atoms with E-state index in [1.165, 1.54) is 24.3 Å². The Kier molecular flexibility index (Phi) is 5.06. The minimum Gasteiger partial charge on any atom is -0.399 e. The summed E-state index contributed by atoms with van der Waals surface area (Å²) >= 11 is 0. The van der Waals surface area contributed by atoms with Crippen LogP contribution in [0.1, 0.15) is 0 Å². The van der Waals surface area contributed by atoms with Crippen molar-refractivity contribution in [1.29, 1.82) is 0 Å². The van der Waals surface area contributed by atoms with E-state index < -0.39 is 40.4 Å². The van der Waals surface area contributed by atoms with Crippen LogP contribution >= 0.6 is 0 Å². The van der Waals surface area contributed by atoms with Crippen molar-refractivity contribution in [3.05, 3.63) is 48.5 Å². The molecular weight excluding hydrogens is 396 g/mol. The van der Waals surface area contributed by atoms with E-state index in [9.17, 15) is 25.3 Å². The van der Waals surface area contributed by atoms with Crippen LogP contribution in [-0.4, -0.2) is 25.3 Å². The molecule has 0 fully saturated rings. The molecule has 0 radical (unpaired) electrons. The Morgan fingerprint density at radius 1 is 0.560 bits per heavy atom. The summed E-state index contributed by atoms with van der Waals surface area (Å²) in [5.74, 6) is 0. The van der Waals surface area contributed by atoms with Gasteiger partial charge in [-0.15, -0.1) is 7.26 Å². The van der Waals surface area contributed by atoms with Crippen LogP contribution in [0.5, 0.6) is 0 Å². The molecule has 25 heavy (non-hydrogen) atoms. The topological polar surface area (TPSA) is 173 Å². The van der Waals surface area contributed by atoms with Gasteiger partial charge in [0.25, 0.3) is 0 Å². The standard InChI is InChI=1S/C12H12N2O8S3/c13-9-1-5-11(6-2-9)23(15,16)21-25(19,20)22-24(17,18)12-7-3-10(14)4-8-12/h1-8H,13-14H2. The molecule has 0 atom stereocenters. The number of nitrogen functional groups attached to an aromatic ring is 2. The van der Waals surface area contributed by atoms with E-state index in [0.29, 0.717) is 0 Å². The molecule has 0 heterocycles. The van der Waals surface area contributed by atoms with Crippen molar-refractivity contribution in [3.8, 4) is 0 Å². The van der Waals surface area contributed by atoms with Gasteiger partial charge in [0.2, 0.25) is 0 Å². The van der Waals surface area contributed by atoms with E-state index in [-0.39, 0.29) is 11.4 Å². The zero-order valence-corrected chi connectivity index (χ0v) is 14.7. The zero-order chi connectivity index (χ0) is 18.9. The van der Waals surface area contributed by atoms with Gasteiger partial charge in [0, 0.05) is 11.4 Å². The molecule has 0 aliphatic carbocycles. The van der Waals surface area contributed by atoms with Crippen LogP contribution in [0.15, 0.2) is 58.3 Å². The largest absolute Gasteiger partial charge is 0.429 e. The van der Waals surface area contributed by atoms with Crippen molar-refractivity contribution >= 4 is 42.0 Å². The smallest absolute Gasteiger partial charge is 0.399 e. The Bertz CT molecular complexity index is 991. The molecule has 136 valence electrons. The SMILES string of the molecule is Nc1ccc(S(=O)(=O)OS(=O)(=O)OS(=O)(=O)c2ccc(N)cc2)cc1. The molecule has 0 spiro atoms. The molecule has 13 heteroatoms. The summed E-state index contributed by atoms with van der Waals surface area (Å²) in [6, 6.07) is 8.68. The Labute approximate surface area is 144 Å². The highest BCUT2D eigenvalue weighted by atomic mass is 32.3. The van der Waals surface area contributed by atoms with Crippen molar-refractivity contribution in [3.63, 3.8) is 0 Å². The Hall–Kier alpha value is -2.19. The molecule has 0 aromatic heterocycles. The van der Waals surface area contributed by atoms with Crippen LogP contribution in [0.2, 0.25) is 0 Å². The van der Waals surface area contributed by atoms with E-state index in [0.717, 1.165) is 24.3 Å². The zero-order valence-electron chi connectivity index (χ0n) is 12.3. The predicted octanol–water partition coefficient (Wildman–Crippen LogP) is 0.207. The van der Waals surface area contributed by atoms with E-state index in [4.69, 9.17) is 11.5 Å². The van der Waals surface area contributed by atoms with Crippen LogP contribution in [0.4, 0.5) is 11.4 Å². The number of rotatable bonds is 6. The first kappa shape index (κ1) is 19.1. The van der Waals surface area contributed by atoms with Gasteiger partial charge in [-0.05, 0) is 48.5 Å². The van der Waals surface area contributed by atoms with E-state index in [1.54, 1.807) is 0 Å². The number of hydrogen-bond donors (Lipinski definition) is 2. The average Bonchev–Trinajstić information content (AvgIpc) is 2.45. The summed E-state index contributed by atoms with van der Waals surface area (Å²) in [6.07, 6.45) is 0. The van der Waals surface area contributed by atoms with Gasteiger partial charge in [0.05, 0.1) is 9.79 Å². The van der Waals surface area contributed by atoms with Gasteiger partial charge in [0.15, 0.2) is 0 Å². The molecule has 0 unspecified atom stereocenters. The average molecular weight is 408 g/mol. The molecule has 0 saturated heterocycles. The van der Waals surface area contributed by atoms with Gasteiger partial charge in [-0.3, -0.25) is 0 Å². The highest BCUT2D eigenvalue weighted by molar-refractivity contribution is 8.03.